The first-order valence-electron chi connectivity index (χ1n) is 9.88. The van der Waals surface area contributed by atoms with Gasteiger partial charge in [-0.1, -0.05) is 11.9 Å². The summed E-state index contributed by atoms with van der Waals surface area (Å²) in [6, 6.07) is 1.61. The number of fused-ring (bicyclic) bond motifs is 1. The fourth-order valence-electron chi connectivity index (χ4n) is 3.48. The Balaban J connectivity index is 1.68. The van der Waals surface area contributed by atoms with Crippen LogP contribution < -0.4 is 16.0 Å². The summed E-state index contributed by atoms with van der Waals surface area (Å²) in [6.45, 7) is 3.50. The molecule has 0 saturated heterocycles. The number of nitrogens with one attached hydrogen (secondary N) is 1. The molecule has 0 spiro atoms. The Bertz CT molecular complexity index is 1230. The maximum Gasteiger partial charge on any atom is 0.278 e. The van der Waals surface area contributed by atoms with Crippen LogP contribution in [0.25, 0.3) is 22.4 Å². The summed E-state index contributed by atoms with van der Waals surface area (Å²) in [6.07, 6.45) is 1.53. The van der Waals surface area contributed by atoms with E-state index in [4.69, 9.17) is 5.73 Å². The van der Waals surface area contributed by atoms with Crippen LogP contribution in [0.2, 0.25) is 0 Å². The summed E-state index contributed by atoms with van der Waals surface area (Å²) in [5.74, 6) is -5.52. The van der Waals surface area contributed by atoms with E-state index in [1.54, 1.807) is 13.8 Å². The topological polar surface area (TPSA) is 98.7 Å². The maximum atomic E-state index is 14.7. The van der Waals surface area contributed by atoms with E-state index in [0.29, 0.717) is 6.42 Å². The van der Waals surface area contributed by atoms with Gasteiger partial charge in [-0.05, 0) is 32.4 Å². The Morgan fingerprint density at radius 1 is 1.28 bits per heavy atom. The number of nitrogens with two attached hydrogens (primary N) is 1. The molecule has 1 aliphatic carbocycles. The summed E-state index contributed by atoms with van der Waals surface area (Å²) < 4.78 is 59.9. The average Bonchev–Trinajstić information content (AvgIpc) is 2.70. The van der Waals surface area contributed by atoms with Gasteiger partial charge in [0.2, 0.25) is 5.95 Å². The van der Waals surface area contributed by atoms with Crippen LogP contribution in [0, 0.1) is 17.6 Å². The minimum Gasteiger partial charge on any atom is -0.368 e. The Morgan fingerprint density at radius 3 is 2.53 bits per heavy atom. The molecule has 0 radical (unpaired) electrons. The molecule has 0 bridgehead atoms. The molecular formula is C20H20F4N6OS. The zero-order chi connectivity index (χ0) is 23.2. The fourth-order valence-corrected chi connectivity index (χ4v) is 4.51. The molecule has 3 aromatic rings. The Labute approximate surface area is 184 Å². The molecule has 1 fully saturated rings. The van der Waals surface area contributed by atoms with Crippen molar-refractivity contribution >= 4 is 34.7 Å². The van der Waals surface area contributed by atoms with Gasteiger partial charge in [-0.3, -0.25) is 9.36 Å². The lowest BCUT2D eigenvalue weighted by Gasteiger charge is -2.35. The van der Waals surface area contributed by atoms with Gasteiger partial charge in [-0.15, -0.1) is 0 Å². The van der Waals surface area contributed by atoms with Crippen LogP contribution in [0.15, 0.2) is 23.1 Å². The van der Waals surface area contributed by atoms with Crippen LogP contribution in [0.3, 0.4) is 0 Å². The Morgan fingerprint density at radius 2 is 1.97 bits per heavy atom. The van der Waals surface area contributed by atoms with E-state index in [2.05, 4.69) is 19.7 Å². The monoisotopic (exact) mass is 468 g/mol. The molecule has 0 aliphatic heterocycles. The Kier molecular flexibility index (Phi) is 5.74. The lowest BCUT2D eigenvalue weighted by atomic mass is 9.82. The van der Waals surface area contributed by atoms with Crippen molar-refractivity contribution in [3.8, 4) is 11.3 Å². The molecule has 32 heavy (non-hydrogen) atoms. The zero-order valence-electron chi connectivity index (χ0n) is 17.2. The van der Waals surface area contributed by atoms with E-state index >= 15 is 0 Å². The molecule has 1 aromatic carbocycles. The van der Waals surface area contributed by atoms with E-state index in [-0.39, 0.29) is 46.6 Å². The fraction of sp³-hybridized carbons (Fsp3) is 0.400. The minimum atomic E-state index is -2.73. The van der Waals surface area contributed by atoms with Crippen molar-refractivity contribution in [2.24, 2.45) is 5.92 Å². The second-order valence-corrected chi connectivity index (χ2v) is 8.72. The third-order valence-electron chi connectivity index (χ3n) is 5.36. The van der Waals surface area contributed by atoms with E-state index in [1.807, 2.05) is 0 Å². The number of halogens is 4. The highest BCUT2D eigenvalue weighted by Gasteiger charge is 2.47. The first-order chi connectivity index (χ1) is 15.1. The number of aromatic nitrogens is 4. The summed E-state index contributed by atoms with van der Waals surface area (Å²) >= 11 is 0.815. The normalized spacial score (nSPS) is 17.5. The predicted molar refractivity (Wildman–Crippen MR) is 115 cm³/mol. The molecular weight excluding hydrogens is 448 g/mol. The number of nitrogens with zero attached hydrogens (tertiary/aromatic N) is 4. The number of rotatable bonds is 6. The first-order valence-corrected chi connectivity index (χ1v) is 10.9. The number of alkyl halides is 2. The number of nitrogen functional groups attached to an aromatic ring is 1. The SMILES string of the molecule is CC(C)n1c(=O)c(-c2cc(F)c(NSCC3CCC3(F)F)c(F)c2)nc2cnc(N)nc21. The molecule has 4 rings (SSSR count). The highest BCUT2D eigenvalue weighted by molar-refractivity contribution is 8.00. The summed E-state index contributed by atoms with van der Waals surface area (Å²) in [4.78, 5) is 25.2. The van der Waals surface area contributed by atoms with Crippen molar-refractivity contribution in [2.45, 2.75) is 38.7 Å². The first kappa shape index (κ1) is 22.3. The van der Waals surface area contributed by atoms with Gasteiger partial charge in [0.25, 0.3) is 11.5 Å². The van der Waals surface area contributed by atoms with Gasteiger partial charge in [-0.25, -0.2) is 27.5 Å². The molecule has 1 aliphatic rings. The summed E-state index contributed by atoms with van der Waals surface area (Å²) in [5.41, 5.74) is 4.76. The molecule has 1 saturated carbocycles. The molecule has 1 atom stereocenters. The van der Waals surface area contributed by atoms with Crippen LogP contribution in [0.5, 0.6) is 0 Å². The van der Waals surface area contributed by atoms with Crippen molar-refractivity contribution < 1.29 is 17.6 Å². The molecule has 3 N–H and O–H groups in total. The van der Waals surface area contributed by atoms with Crippen LogP contribution in [-0.4, -0.2) is 31.2 Å². The largest absolute Gasteiger partial charge is 0.368 e. The highest BCUT2D eigenvalue weighted by atomic mass is 32.2. The number of hydrogen-bond donors (Lipinski definition) is 2. The smallest absolute Gasteiger partial charge is 0.278 e. The number of benzene rings is 1. The average molecular weight is 468 g/mol. The van der Waals surface area contributed by atoms with Gasteiger partial charge in [0.15, 0.2) is 17.3 Å². The molecule has 170 valence electrons. The summed E-state index contributed by atoms with van der Waals surface area (Å²) in [5, 5.41) is 0. The van der Waals surface area contributed by atoms with Gasteiger partial charge in [-0.2, -0.15) is 4.98 Å². The molecule has 7 nitrogen and oxygen atoms in total. The zero-order valence-corrected chi connectivity index (χ0v) is 18.0. The third kappa shape index (κ3) is 3.98. The van der Waals surface area contributed by atoms with Crippen LogP contribution >= 0.6 is 11.9 Å². The molecule has 12 heteroatoms. The van der Waals surface area contributed by atoms with Crippen LogP contribution in [0.1, 0.15) is 32.7 Å². The number of hydrogen-bond acceptors (Lipinski definition) is 7. The quantitative estimate of drug-likeness (QED) is 0.409. The molecule has 2 heterocycles. The van der Waals surface area contributed by atoms with Gasteiger partial charge < -0.3 is 10.5 Å². The second-order valence-electron chi connectivity index (χ2n) is 7.89. The minimum absolute atomic E-state index is 0.0160. The van der Waals surface area contributed by atoms with Crippen molar-refractivity contribution in [2.75, 3.05) is 16.2 Å². The van der Waals surface area contributed by atoms with Crippen LogP contribution in [0.4, 0.5) is 29.2 Å². The van der Waals surface area contributed by atoms with Crippen LogP contribution in [-0.2, 0) is 0 Å². The Hall–Kier alpha value is -2.89. The molecule has 0 amide bonds. The van der Waals surface area contributed by atoms with E-state index in [0.717, 1.165) is 24.1 Å². The second kappa shape index (κ2) is 8.23. The summed E-state index contributed by atoms with van der Waals surface area (Å²) in [7, 11) is 0. The van der Waals surface area contributed by atoms with E-state index < -0.39 is 34.7 Å². The van der Waals surface area contributed by atoms with Crippen molar-refractivity contribution in [1.29, 1.82) is 0 Å². The van der Waals surface area contributed by atoms with Crippen molar-refractivity contribution in [3.05, 3.63) is 40.3 Å². The number of anilines is 2. The lowest BCUT2D eigenvalue weighted by Crippen LogP contribution is -2.40. The molecule has 2 aromatic heterocycles. The predicted octanol–water partition coefficient (Wildman–Crippen LogP) is 4.40. The van der Waals surface area contributed by atoms with Crippen molar-refractivity contribution in [1.82, 2.24) is 19.5 Å². The van der Waals surface area contributed by atoms with Gasteiger partial charge in [0.1, 0.15) is 16.9 Å². The standard InChI is InChI=1S/C20H20F4N6OS/c1-9(2)30-17-14(7-26-19(25)28-17)27-15(18(30)31)10-5-12(21)16(13(22)6-10)29-32-8-11-3-4-20(11,23)24/h5-7,9,11,29H,3-4,8H2,1-2H3,(H2,25,26,28). The van der Waals surface area contributed by atoms with Gasteiger partial charge in [0, 0.05) is 29.7 Å². The van der Waals surface area contributed by atoms with Crippen molar-refractivity contribution in [3.63, 3.8) is 0 Å². The highest BCUT2D eigenvalue weighted by Crippen LogP contribution is 2.45. The van der Waals surface area contributed by atoms with E-state index in [1.165, 1.54) is 10.8 Å². The molecule has 1 unspecified atom stereocenters. The van der Waals surface area contributed by atoms with Gasteiger partial charge in [0.05, 0.1) is 6.20 Å². The van der Waals surface area contributed by atoms with Gasteiger partial charge >= 0.3 is 0 Å². The third-order valence-corrected chi connectivity index (χ3v) is 6.28. The lowest BCUT2D eigenvalue weighted by molar-refractivity contribution is -0.121. The van der Waals surface area contributed by atoms with E-state index in [9.17, 15) is 22.4 Å². The maximum absolute atomic E-state index is 14.7.